The predicted molar refractivity (Wildman–Crippen MR) is 142 cm³/mol. The van der Waals surface area contributed by atoms with Crippen molar-refractivity contribution >= 4 is 39.9 Å². The molecule has 1 aliphatic heterocycles. The first-order valence-electron chi connectivity index (χ1n) is 12.0. The number of piperazine rings is 1. The van der Waals surface area contributed by atoms with Crippen LogP contribution in [-0.4, -0.2) is 61.3 Å². The number of ether oxygens (including phenoxy) is 2. The van der Waals surface area contributed by atoms with Crippen molar-refractivity contribution in [3.8, 4) is 11.5 Å². The average molecular weight is 542 g/mol. The van der Waals surface area contributed by atoms with Gasteiger partial charge in [0.25, 0.3) is 5.91 Å². The maximum Gasteiger partial charge on any atom is 0.260 e. The van der Waals surface area contributed by atoms with Crippen molar-refractivity contribution in [2.45, 2.75) is 6.61 Å². The SMILES string of the molecule is COc1cc(N2CCN(C)CC2)ccc1C(=O)Nc1n[nH]c2ccc(OCc3c(F)ccc(F)c3Cl)cc12. The van der Waals surface area contributed by atoms with Gasteiger partial charge in [-0.25, -0.2) is 8.78 Å². The summed E-state index contributed by atoms with van der Waals surface area (Å²) in [4.78, 5) is 17.7. The third-order valence-electron chi connectivity index (χ3n) is 6.59. The minimum absolute atomic E-state index is 0.0837. The summed E-state index contributed by atoms with van der Waals surface area (Å²) in [7, 11) is 3.63. The number of benzene rings is 3. The molecule has 1 fully saturated rings. The van der Waals surface area contributed by atoms with Gasteiger partial charge in [0, 0.05) is 48.9 Å². The second-order valence-electron chi connectivity index (χ2n) is 9.02. The lowest BCUT2D eigenvalue weighted by Crippen LogP contribution is -2.44. The number of carbonyl (C=O) groups excluding carboxylic acids is 1. The number of fused-ring (bicyclic) bond motifs is 1. The Kier molecular flexibility index (Phi) is 7.35. The molecule has 8 nitrogen and oxygen atoms in total. The van der Waals surface area contributed by atoms with Gasteiger partial charge in [0.2, 0.25) is 0 Å². The molecule has 5 rings (SSSR count). The van der Waals surface area contributed by atoms with Crippen LogP contribution in [-0.2, 0) is 6.61 Å². The number of anilines is 2. The molecule has 0 aliphatic carbocycles. The zero-order chi connectivity index (χ0) is 26.8. The number of aromatic amines is 1. The van der Waals surface area contributed by atoms with E-state index in [1.165, 1.54) is 7.11 Å². The van der Waals surface area contributed by atoms with Crippen LogP contribution in [0.2, 0.25) is 5.02 Å². The molecule has 3 aromatic carbocycles. The van der Waals surface area contributed by atoms with Gasteiger partial charge in [0.05, 0.1) is 23.2 Å². The maximum absolute atomic E-state index is 14.1. The van der Waals surface area contributed by atoms with Crippen LogP contribution in [0.1, 0.15) is 15.9 Å². The van der Waals surface area contributed by atoms with Gasteiger partial charge in [-0.05, 0) is 49.5 Å². The molecular weight excluding hydrogens is 516 g/mol. The van der Waals surface area contributed by atoms with E-state index in [1.54, 1.807) is 24.3 Å². The van der Waals surface area contributed by atoms with E-state index in [0.717, 1.165) is 44.0 Å². The Labute approximate surface area is 223 Å². The molecule has 198 valence electrons. The van der Waals surface area contributed by atoms with Gasteiger partial charge in [-0.1, -0.05) is 11.6 Å². The fourth-order valence-corrected chi connectivity index (χ4v) is 4.55. The normalized spacial score (nSPS) is 14.1. The Morgan fingerprint density at radius 1 is 1.08 bits per heavy atom. The van der Waals surface area contributed by atoms with Crippen LogP contribution in [0.5, 0.6) is 11.5 Å². The first-order chi connectivity index (χ1) is 18.3. The van der Waals surface area contributed by atoms with Crippen molar-refractivity contribution in [3.63, 3.8) is 0 Å². The number of likely N-dealkylation sites (N-methyl/N-ethyl adjacent to an activating group) is 1. The Morgan fingerprint density at radius 2 is 1.84 bits per heavy atom. The zero-order valence-electron chi connectivity index (χ0n) is 20.9. The monoisotopic (exact) mass is 541 g/mol. The van der Waals surface area contributed by atoms with E-state index in [2.05, 4.69) is 32.4 Å². The van der Waals surface area contributed by atoms with Gasteiger partial charge < -0.3 is 24.6 Å². The molecule has 11 heteroatoms. The van der Waals surface area contributed by atoms with Gasteiger partial charge in [-0.15, -0.1) is 0 Å². The van der Waals surface area contributed by atoms with E-state index in [1.807, 2.05) is 12.1 Å². The molecule has 2 heterocycles. The second kappa shape index (κ2) is 10.8. The van der Waals surface area contributed by atoms with Crippen molar-refractivity contribution in [1.82, 2.24) is 15.1 Å². The summed E-state index contributed by atoms with van der Waals surface area (Å²) >= 11 is 5.90. The van der Waals surface area contributed by atoms with Crippen LogP contribution >= 0.6 is 11.6 Å². The van der Waals surface area contributed by atoms with Crippen LogP contribution < -0.4 is 19.7 Å². The van der Waals surface area contributed by atoms with E-state index in [-0.39, 0.29) is 28.9 Å². The summed E-state index contributed by atoms with van der Waals surface area (Å²) in [6.45, 7) is 3.45. The summed E-state index contributed by atoms with van der Waals surface area (Å²) in [5.41, 5.74) is 1.93. The quantitative estimate of drug-likeness (QED) is 0.317. The van der Waals surface area contributed by atoms with E-state index in [0.29, 0.717) is 28.0 Å². The molecule has 1 saturated heterocycles. The zero-order valence-corrected chi connectivity index (χ0v) is 21.6. The third-order valence-corrected chi connectivity index (χ3v) is 7.00. The smallest absolute Gasteiger partial charge is 0.260 e. The highest BCUT2D eigenvalue weighted by atomic mass is 35.5. The molecule has 0 radical (unpaired) electrons. The molecule has 38 heavy (non-hydrogen) atoms. The number of hydrogen-bond acceptors (Lipinski definition) is 6. The Balaban J connectivity index is 1.33. The fourth-order valence-electron chi connectivity index (χ4n) is 4.34. The van der Waals surface area contributed by atoms with Gasteiger partial charge in [-0.3, -0.25) is 9.89 Å². The van der Waals surface area contributed by atoms with E-state index < -0.39 is 11.6 Å². The lowest BCUT2D eigenvalue weighted by atomic mass is 10.1. The van der Waals surface area contributed by atoms with Crippen molar-refractivity contribution < 1.29 is 23.0 Å². The number of halogens is 3. The average Bonchev–Trinajstić information content (AvgIpc) is 3.32. The summed E-state index contributed by atoms with van der Waals surface area (Å²) in [6.07, 6.45) is 0. The molecule has 0 atom stereocenters. The molecular formula is C27H26ClF2N5O3. The van der Waals surface area contributed by atoms with E-state index in [9.17, 15) is 13.6 Å². The topological polar surface area (TPSA) is 82.7 Å². The summed E-state index contributed by atoms with van der Waals surface area (Å²) < 4.78 is 39.0. The van der Waals surface area contributed by atoms with Crippen LogP contribution in [0, 0.1) is 11.6 Å². The van der Waals surface area contributed by atoms with Gasteiger partial charge >= 0.3 is 0 Å². The first kappa shape index (κ1) is 25.7. The van der Waals surface area contributed by atoms with Gasteiger partial charge in [0.1, 0.15) is 29.7 Å². The van der Waals surface area contributed by atoms with Gasteiger partial charge in [0.15, 0.2) is 5.82 Å². The number of aromatic nitrogens is 2. The standard InChI is InChI=1S/C27H26ClF2N5O3/c1-34-9-11-35(12-10-34)16-3-5-18(24(13-16)37-2)27(36)31-26-19-14-17(4-8-23(19)32-33-26)38-15-20-21(29)6-7-22(30)25(20)28/h3-8,13-14H,9-12,15H2,1-2H3,(H2,31,32,33,36). The first-order valence-corrected chi connectivity index (χ1v) is 12.4. The third kappa shape index (κ3) is 5.23. The van der Waals surface area contributed by atoms with Crippen LogP contribution in [0.4, 0.5) is 20.3 Å². The van der Waals surface area contributed by atoms with E-state index in [4.69, 9.17) is 21.1 Å². The summed E-state index contributed by atoms with van der Waals surface area (Å²) in [5.74, 6) is -0.675. The number of rotatable bonds is 7. The Morgan fingerprint density at radius 3 is 2.61 bits per heavy atom. The predicted octanol–water partition coefficient (Wildman–Crippen LogP) is 5.09. The van der Waals surface area contributed by atoms with Crippen molar-refractivity contribution in [1.29, 1.82) is 0 Å². The number of amides is 1. The molecule has 0 spiro atoms. The Hall–Kier alpha value is -3.89. The highest BCUT2D eigenvalue weighted by Crippen LogP contribution is 2.30. The maximum atomic E-state index is 14.1. The van der Waals surface area contributed by atoms with Crippen molar-refractivity contribution in [3.05, 3.63) is 76.3 Å². The largest absolute Gasteiger partial charge is 0.496 e. The van der Waals surface area contributed by atoms with E-state index >= 15 is 0 Å². The number of nitrogens with zero attached hydrogens (tertiary/aromatic N) is 3. The van der Waals surface area contributed by atoms with Crippen LogP contribution in [0.15, 0.2) is 48.5 Å². The number of H-pyrrole nitrogens is 1. The molecule has 1 aliphatic rings. The highest BCUT2D eigenvalue weighted by molar-refractivity contribution is 6.31. The molecule has 1 aromatic heterocycles. The number of hydrogen-bond donors (Lipinski definition) is 2. The highest BCUT2D eigenvalue weighted by Gasteiger charge is 2.20. The van der Waals surface area contributed by atoms with Gasteiger partial charge in [-0.2, -0.15) is 5.10 Å². The Bertz CT molecular complexity index is 1490. The second-order valence-corrected chi connectivity index (χ2v) is 9.40. The summed E-state index contributed by atoms with van der Waals surface area (Å²) in [6, 6.07) is 12.5. The molecule has 0 bridgehead atoms. The van der Waals surface area contributed by atoms with Crippen molar-refractivity contribution in [2.24, 2.45) is 0 Å². The number of carbonyl (C=O) groups is 1. The van der Waals surface area contributed by atoms with Crippen LogP contribution in [0.3, 0.4) is 0 Å². The molecule has 0 saturated carbocycles. The number of nitrogens with one attached hydrogen (secondary N) is 2. The van der Waals surface area contributed by atoms with Crippen molar-refractivity contribution in [2.75, 3.05) is 50.6 Å². The number of methoxy groups -OCH3 is 1. The molecule has 1 amide bonds. The molecule has 0 unspecified atom stereocenters. The minimum atomic E-state index is -0.728. The molecule has 4 aromatic rings. The van der Waals surface area contributed by atoms with Crippen LogP contribution in [0.25, 0.3) is 10.9 Å². The summed E-state index contributed by atoms with van der Waals surface area (Å²) in [5, 5.41) is 10.2. The lowest BCUT2D eigenvalue weighted by molar-refractivity contribution is 0.102. The molecule has 2 N–H and O–H groups in total. The fraction of sp³-hybridized carbons (Fsp3) is 0.259. The lowest BCUT2D eigenvalue weighted by Gasteiger charge is -2.34. The minimum Gasteiger partial charge on any atom is -0.496 e.